The summed E-state index contributed by atoms with van der Waals surface area (Å²) in [4.78, 5) is 0.632. The first-order valence-corrected chi connectivity index (χ1v) is 7.50. The van der Waals surface area contributed by atoms with Gasteiger partial charge in [0.2, 0.25) is 0 Å². The van der Waals surface area contributed by atoms with Crippen LogP contribution in [0.25, 0.3) is 0 Å². The van der Waals surface area contributed by atoms with Gasteiger partial charge >= 0.3 is 0 Å². The van der Waals surface area contributed by atoms with Crippen LogP contribution in [0, 0.1) is 0 Å². The van der Waals surface area contributed by atoms with Crippen LogP contribution in [-0.4, -0.2) is 22.8 Å². The second kappa shape index (κ2) is 5.96. The van der Waals surface area contributed by atoms with Gasteiger partial charge in [0, 0.05) is 27.6 Å². The summed E-state index contributed by atoms with van der Waals surface area (Å²) in [6, 6.07) is 7.68. The Morgan fingerprint density at radius 1 is 1.41 bits per heavy atom. The average molecular weight is 275 g/mol. The smallest absolute Gasteiger partial charge is 0.288 e. The van der Waals surface area contributed by atoms with Gasteiger partial charge in [0.05, 0.1) is 0 Å². The Balaban J connectivity index is 2.04. The van der Waals surface area contributed by atoms with E-state index in [2.05, 4.69) is 12.2 Å². The minimum absolute atomic E-state index is 0.398. The van der Waals surface area contributed by atoms with Crippen LogP contribution < -0.4 is 5.32 Å². The molecule has 1 aliphatic rings. The van der Waals surface area contributed by atoms with E-state index in [-0.39, 0.29) is 0 Å². The number of hydrogen-bond donors (Lipinski definition) is 1. The molecular weight excluding hydrogens is 260 g/mol. The van der Waals surface area contributed by atoms with Crippen LogP contribution in [-0.2, 0) is 0 Å². The molecule has 0 bridgehead atoms. The molecule has 94 valence electrons. The van der Waals surface area contributed by atoms with Crippen molar-refractivity contribution >= 4 is 29.2 Å². The van der Waals surface area contributed by atoms with Gasteiger partial charge in [-0.15, -0.1) is 0 Å². The molecule has 2 atom stereocenters. The number of para-hydroxylation sites is 1. The molecule has 0 spiro atoms. The fourth-order valence-corrected chi connectivity index (χ4v) is 3.67. The zero-order chi connectivity index (χ0) is 12.3. The van der Waals surface area contributed by atoms with Crippen molar-refractivity contribution in [3.8, 4) is 0 Å². The minimum atomic E-state index is -2.37. The Morgan fingerprint density at radius 3 is 2.82 bits per heavy atom. The predicted octanol–water partition coefficient (Wildman–Crippen LogP) is 4.31. The molecule has 1 nitrogen and oxygen atoms in total. The lowest BCUT2D eigenvalue weighted by molar-refractivity contribution is 0.252. The van der Waals surface area contributed by atoms with Gasteiger partial charge in [0.1, 0.15) is 0 Å². The second-order valence-electron chi connectivity index (χ2n) is 4.10. The molecule has 1 aromatic carbocycles. The van der Waals surface area contributed by atoms with Crippen molar-refractivity contribution in [3.63, 3.8) is 0 Å². The Hall–Kier alpha value is -0.420. The third-order valence-electron chi connectivity index (χ3n) is 2.66. The van der Waals surface area contributed by atoms with E-state index in [9.17, 15) is 8.78 Å². The van der Waals surface area contributed by atoms with Crippen molar-refractivity contribution in [3.05, 3.63) is 24.3 Å². The first kappa shape index (κ1) is 13.0. The molecule has 17 heavy (non-hydrogen) atoms. The number of benzene rings is 1. The van der Waals surface area contributed by atoms with E-state index >= 15 is 0 Å². The van der Waals surface area contributed by atoms with Gasteiger partial charge in [-0.3, -0.25) is 0 Å². The van der Waals surface area contributed by atoms with Crippen LogP contribution in [0.4, 0.5) is 14.5 Å². The van der Waals surface area contributed by atoms with Crippen LogP contribution in [0.5, 0.6) is 0 Å². The van der Waals surface area contributed by atoms with Gasteiger partial charge in [-0.2, -0.15) is 20.5 Å². The van der Waals surface area contributed by atoms with Crippen LogP contribution in [0.3, 0.4) is 0 Å². The molecule has 0 aliphatic carbocycles. The SMILES string of the molecule is CC1CC(Nc2ccccc2SC(F)F)CS1. The zero-order valence-corrected chi connectivity index (χ0v) is 11.2. The minimum Gasteiger partial charge on any atom is -0.381 e. The second-order valence-corrected chi connectivity index (χ2v) is 6.60. The van der Waals surface area contributed by atoms with Crippen molar-refractivity contribution < 1.29 is 8.78 Å². The van der Waals surface area contributed by atoms with Crippen molar-refractivity contribution in [2.75, 3.05) is 11.1 Å². The van der Waals surface area contributed by atoms with E-state index in [1.54, 1.807) is 12.1 Å². The third-order valence-corrected chi connectivity index (χ3v) is 4.81. The highest BCUT2D eigenvalue weighted by molar-refractivity contribution is 8.00. The van der Waals surface area contributed by atoms with Crippen LogP contribution in [0.1, 0.15) is 13.3 Å². The number of halogens is 2. The fraction of sp³-hybridized carbons (Fsp3) is 0.500. The number of nitrogens with one attached hydrogen (secondary N) is 1. The highest BCUT2D eigenvalue weighted by atomic mass is 32.2. The van der Waals surface area contributed by atoms with E-state index in [0.717, 1.165) is 17.9 Å². The Labute approximate surface area is 109 Å². The molecule has 1 saturated heterocycles. The number of rotatable bonds is 4. The summed E-state index contributed by atoms with van der Waals surface area (Å²) in [5, 5.41) is 4.03. The summed E-state index contributed by atoms with van der Waals surface area (Å²) in [5.74, 6) is -1.32. The molecule has 2 unspecified atom stereocenters. The lowest BCUT2D eigenvalue weighted by Crippen LogP contribution is -2.19. The molecular formula is C12H15F2NS2. The zero-order valence-electron chi connectivity index (χ0n) is 9.53. The number of alkyl halides is 2. The van der Waals surface area contributed by atoms with Gasteiger partial charge in [-0.05, 0) is 18.6 Å². The average Bonchev–Trinajstić information content (AvgIpc) is 2.66. The third kappa shape index (κ3) is 3.78. The summed E-state index contributed by atoms with van der Waals surface area (Å²) < 4.78 is 24.8. The summed E-state index contributed by atoms with van der Waals surface area (Å²) in [6.07, 6.45) is 1.10. The van der Waals surface area contributed by atoms with Crippen molar-refractivity contribution in [2.24, 2.45) is 0 Å². The van der Waals surface area contributed by atoms with E-state index in [1.807, 2.05) is 23.9 Å². The summed E-state index contributed by atoms with van der Waals surface area (Å²) in [5.41, 5.74) is 0.831. The Morgan fingerprint density at radius 2 is 2.18 bits per heavy atom. The predicted molar refractivity (Wildman–Crippen MR) is 72.3 cm³/mol. The number of thioether (sulfide) groups is 2. The van der Waals surface area contributed by atoms with E-state index in [4.69, 9.17) is 0 Å². The quantitative estimate of drug-likeness (QED) is 0.822. The Kier molecular flexibility index (Phi) is 4.56. The molecule has 5 heteroatoms. The van der Waals surface area contributed by atoms with Gasteiger partial charge in [0.15, 0.2) is 0 Å². The van der Waals surface area contributed by atoms with Crippen LogP contribution in [0.15, 0.2) is 29.2 Å². The van der Waals surface area contributed by atoms with Crippen LogP contribution in [0.2, 0.25) is 0 Å². The molecule has 1 fully saturated rings. The fourth-order valence-electron chi connectivity index (χ4n) is 1.92. The number of hydrogen-bond acceptors (Lipinski definition) is 3. The molecule has 0 aromatic heterocycles. The molecule has 0 amide bonds. The lowest BCUT2D eigenvalue weighted by Gasteiger charge is -2.16. The largest absolute Gasteiger partial charge is 0.381 e. The lowest BCUT2D eigenvalue weighted by atomic mass is 10.2. The monoisotopic (exact) mass is 275 g/mol. The summed E-state index contributed by atoms with van der Waals surface area (Å²) in [7, 11) is 0. The molecule has 1 heterocycles. The van der Waals surface area contributed by atoms with E-state index < -0.39 is 5.76 Å². The van der Waals surface area contributed by atoms with Crippen molar-refractivity contribution in [1.82, 2.24) is 0 Å². The van der Waals surface area contributed by atoms with E-state index in [0.29, 0.717) is 27.9 Å². The first-order valence-electron chi connectivity index (χ1n) is 5.57. The first-order chi connectivity index (χ1) is 8.15. The highest BCUT2D eigenvalue weighted by Crippen LogP contribution is 2.34. The van der Waals surface area contributed by atoms with Gasteiger partial charge in [-0.25, -0.2) is 0 Å². The molecule has 0 saturated carbocycles. The number of anilines is 1. The normalized spacial score (nSPS) is 24.2. The summed E-state index contributed by atoms with van der Waals surface area (Å²) in [6.45, 7) is 2.20. The highest BCUT2D eigenvalue weighted by Gasteiger charge is 2.22. The van der Waals surface area contributed by atoms with Gasteiger partial charge in [0.25, 0.3) is 5.76 Å². The standard InChI is InChI=1S/C12H15F2NS2/c1-8-6-9(7-16-8)15-10-4-2-3-5-11(10)17-12(13)14/h2-5,8-9,12,15H,6-7H2,1H3. The molecule has 1 aliphatic heterocycles. The van der Waals surface area contributed by atoms with Gasteiger partial charge < -0.3 is 5.32 Å². The maximum atomic E-state index is 12.4. The van der Waals surface area contributed by atoms with E-state index in [1.165, 1.54) is 0 Å². The van der Waals surface area contributed by atoms with Gasteiger partial charge in [-0.1, -0.05) is 30.8 Å². The maximum Gasteiger partial charge on any atom is 0.288 e. The maximum absolute atomic E-state index is 12.4. The molecule has 1 N–H and O–H groups in total. The molecule has 2 rings (SSSR count). The Bertz CT molecular complexity index is 373. The molecule has 1 aromatic rings. The van der Waals surface area contributed by atoms with Crippen LogP contribution >= 0.6 is 23.5 Å². The summed E-state index contributed by atoms with van der Waals surface area (Å²) >= 11 is 2.53. The van der Waals surface area contributed by atoms with Crippen molar-refractivity contribution in [1.29, 1.82) is 0 Å². The molecule has 0 radical (unpaired) electrons. The topological polar surface area (TPSA) is 12.0 Å². The van der Waals surface area contributed by atoms with Crippen molar-refractivity contribution in [2.45, 2.75) is 35.3 Å².